The second-order valence-electron chi connectivity index (χ2n) is 6.65. The van der Waals surface area contributed by atoms with Crippen LogP contribution in [0.25, 0.3) is 0 Å². The summed E-state index contributed by atoms with van der Waals surface area (Å²) in [5.74, 6) is 0.143. The van der Waals surface area contributed by atoms with Gasteiger partial charge in [0.25, 0.3) is 0 Å². The molecule has 1 aliphatic rings. The Morgan fingerprint density at radius 1 is 1.22 bits per heavy atom. The summed E-state index contributed by atoms with van der Waals surface area (Å²) in [6, 6.07) is 15.0. The number of nitrogens with zero attached hydrogens (tertiary/aromatic N) is 1. The van der Waals surface area contributed by atoms with Gasteiger partial charge in [-0.05, 0) is 61.7 Å². The number of carbonyl (C=O) groups is 1. The Bertz CT molecular complexity index is 913. The monoisotopic (exact) mass is 450 g/mol. The fraction of sp³-hybridized carbons (Fsp3) is 0.350. The van der Waals surface area contributed by atoms with Crippen molar-refractivity contribution in [3.05, 3.63) is 64.1 Å². The van der Waals surface area contributed by atoms with E-state index in [0.717, 1.165) is 35.0 Å². The first-order valence-electron chi connectivity index (χ1n) is 8.98. The van der Waals surface area contributed by atoms with E-state index in [0.29, 0.717) is 12.8 Å². The number of likely N-dealkylation sites (tertiary alicyclic amines) is 1. The molecule has 0 saturated carbocycles. The van der Waals surface area contributed by atoms with Gasteiger partial charge in [-0.15, -0.1) is 0 Å². The summed E-state index contributed by atoms with van der Waals surface area (Å²) in [7, 11) is -2.04. The van der Waals surface area contributed by atoms with Gasteiger partial charge in [-0.1, -0.05) is 40.2 Å². The third-order valence-corrected chi connectivity index (χ3v) is 6.86. The van der Waals surface area contributed by atoms with Gasteiger partial charge < -0.3 is 4.90 Å². The van der Waals surface area contributed by atoms with Gasteiger partial charge in [0.15, 0.2) is 0 Å². The van der Waals surface area contributed by atoms with E-state index in [1.807, 2.05) is 17.0 Å². The predicted octanol–water partition coefficient (Wildman–Crippen LogP) is 3.65. The Kier molecular flexibility index (Phi) is 6.34. The van der Waals surface area contributed by atoms with Crippen LogP contribution in [0.2, 0.25) is 0 Å². The van der Waals surface area contributed by atoms with Crippen LogP contribution in [0.3, 0.4) is 0 Å². The van der Waals surface area contributed by atoms with Crippen molar-refractivity contribution in [3.8, 4) is 0 Å². The van der Waals surface area contributed by atoms with Crippen LogP contribution in [0.15, 0.2) is 57.9 Å². The molecule has 144 valence electrons. The normalized spacial score (nSPS) is 17.3. The van der Waals surface area contributed by atoms with Gasteiger partial charge in [0.2, 0.25) is 15.9 Å². The average molecular weight is 451 g/mol. The first-order valence-corrected chi connectivity index (χ1v) is 11.3. The number of amides is 1. The van der Waals surface area contributed by atoms with E-state index in [1.54, 1.807) is 24.3 Å². The molecule has 1 saturated heterocycles. The van der Waals surface area contributed by atoms with Gasteiger partial charge in [0.1, 0.15) is 0 Å². The van der Waals surface area contributed by atoms with Crippen LogP contribution >= 0.6 is 15.9 Å². The molecule has 1 N–H and O–H groups in total. The molecule has 1 unspecified atom stereocenters. The molecule has 1 aliphatic heterocycles. The van der Waals surface area contributed by atoms with E-state index in [4.69, 9.17) is 0 Å². The molecule has 7 heteroatoms. The minimum absolute atomic E-state index is 0.137. The first-order chi connectivity index (χ1) is 12.9. The molecule has 0 radical (unpaired) electrons. The summed E-state index contributed by atoms with van der Waals surface area (Å²) in [6.07, 6.45) is 3.02. The van der Waals surface area contributed by atoms with E-state index < -0.39 is 10.0 Å². The molecule has 0 aliphatic carbocycles. The standard InChI is InChI=1S/C20H23BrN2O3S/c1-22-27(25,26)18-10-7-15(8-11-18)9-12-20(24)23-13-3-6-19(23)16-4-2-5-17(21)14-16/h2,4-5,7-8,10-11,14,19,22H,3,6,9,12-13H2,1H3. The molecule has 1 fully saturated rings. The first kappa shape index (κ1) is 20.0. The highest BCUT2D eigenvalue weighted by Gasteiger charge is 2.29. The second kappa shape index (κ2) is 8.54. The lowest BCUT2D eigenvalue weighted by molar-refractivity contribution is -0.132. The quantitative estimate of drug-likeness (QED) is 0.729. The van der Waals surface area contributed by atoms with Gasteiger partial charge in [0, 0.05) is 17.4 Å². The lowest BCUT2D eigenvalue weighted by Gasteiger charge is -2.25. The highest BCUT2D eigenvalue weighted by atomic mass is 79.9. The van der Waals surface area contributed by atoms with Crippen molar-refractivity contribution in [2.75, 3.05) is 13.6 Å². The maximum Gasteiger partial charge on any atom is 0.240 e. The number of aryl methyl sites for hydroxylation is 1. The highest BCUT2D eigenvalue weighted by molar-refractivity contribution is 9.10. The molecular formula is C20H23BrN2O3S. The van der Waals surface area contributed by atoms with Crippen LogP contribution in [-0.2, 0) is 21.2 Å². The lowest BCUT2D eigenvalue weighted by Crippen LogP contribution is -2.30. The third kappa shape index (κ3) is 4.78. The average Bonchev–Trinajstić information content (AvgIpc) is 3.16. The van der Waals surface area contributed by atoms with Crippen molar-refractivity contribution in [1.82, 2.24) is 9.62 Å². The number of carbonyl (C=O) groups excluding carboxylic acids is 1. The summed E-state index contributed by atoms with van der Waals surface area (Å²) >= 11 is 3.50. The Hall–Kier alpha value is -1.70. The summed E-state index contributed by atoms with van der Waals surface area (Å²) in [6.45, 7) is 0.787. The zero-order valence-electron chi connectivity index (χ0n) is 15.2. The second-order valence-corrected chi connectivity index (χ2v) is 9.45. The van der Waals surface area contributed by atoms with Crippen molar-refractivity contribution in [2.45, 2.75) is 36.6 Å². The molecule has 1 heterocycles. The zero-order valence-corrected chi connectivity index (χ0v) is 17.6. The smallest absolute Gasteiger partial charge is 0.240 e. The maximum atomic E-state index is 12.8. The van der Waals surface area contributed by atoms with E-state index in [2.05, 4.69) is 32.8 Å². The Morgan fingerprint density at radius 2 is 1.96 bits per heavy atom. The number of nitrogens with one attached hydrogen (secondary N) is 1. The van der Waals surface area contributed by atoms with E-state index in [-0.39, 0.29) is 16.8 Å². The number of hydrogen-bond donors (Lipinski definition) is 1. The fourth-order valence-electron chi connectivity index (χ4n) is 3.47. The van der Waals surface area contributed by atoms with Crippen LogP contribution in [-0.4, -0.2) is 32.8 Å². The molecule has 1 amide bonds. The summed E-state index contributed by atoms with van der Waals surface area (Å²) in [4.78, 5) is 15.0. The Labute approximate surface area is 169 Å². The molecule has 3 rings (SSSR count). The van der Waals surface area contributed by atoms with Gasteiger partial charge in [-0.2, -0.15) is 0 Å². The largest absolute Gasteiger partial charge is 0.336 e. The van der Waals surface area contributed by atoms with Crippen molar-refractivity contribution >= 4 is 31.9 Å². The Morgan fingerprint density at radius 3 is 2.63 bits per heavy atom. The van der Waals surface area contributed by atoms with Crippen LogP contribution in [0.4, 0.5) is 0 Å². The highest BCUT2D eigenvalue weighted by Crippen LogP contribution is 2.33. The molecule has 0 spiro atoms. The molecule has 27 heavy (non-hydrogen) atoms. The fourth-order valence-corrected chi connectivity index (χ4v) is 4.62. The molecule has 0 bridgehead atoms. The van der Waals surface area contributed by atoms with Gasteiger partial charge >= 0.3 is 0 Å². The molecular weight excluding hydrogens is 428 g/mol. The van der Waals surface area contributed by atoms with Crippen LogP contribution in [0, 0.1) is 0 Å². The summed E-state index contributed by atoms with van der Waals surface area (Å²) < 4.78 is 26.9. The number of hydrogen-bond acceptors (Lipinski definition) is 3. The maximum absolute atomic E-state index is 12.8. The number of halogens is 1. The van der Waals surface area contributed by atoms with Gasteiger partial charge in [0.05, 0.1) is 10.9 Å². The summed E-state index contributed by atoms with van der Waals surface area (Å²) in [5.41, 5.74) is 2.12. The number of benzene rings is 2. The van der Waals surface area contributed by atoms with Gasteiger partial charge in [-0.3, -0.25) is 4.79 Å². The number of sulfonamides is 1. The van der Waals surface area contributed by atoms with Gasteiger partial charge in [-0.25, -0.2) is 13.1 Å². The molecule has 2 aromatic carbocycles. The topological polar surface area (TPSA) is 66.5 Å². The lowest BCUT2D eigenvalue weighted by atomic mass is 10.0. The molecule has 2 aromatic rings. The van der Waals surface area contributed by atoms with Crippen molar-refractivity contribution in [3.63, 3.8) is 0 Å². The van der Waals surface area contributed by atoms with Crippen molar-refractivity contribution < 1.29 is 13.2 Å². The molecule has 0 aromatic heterocycles. The number of rotatable bonds is 6. The van der Waals surface area contributed by atoms with Crippen LogP contribution < -0.4 is 4.72 Å². The summed E-state index contributed by atoms with van der Waals surface area (Å²) in [5, 5.41) is 0. The minimum atomic E-state index is -3.43. The Balaban J connectivity index is 1.63. The minimum Gasteiger partial charge on any atom is -0.336 e. The SMILES string of the molecule is CNS(=O)(=O)c1ccc(CCC(=O)N2CCCC2c2cccc(Br)c2)cc1. The van der Waals surface area contributed by atoms with Crippen molar-refractivity contribution in [1.29, 1.82) is 0 Å². The molecule has 1 atom stereocenters. The zero-order chi connectivity index (χ0) is 19.4. The van der Waals surface area contributed by atoms with E-state index in [1.165, 1.54) is 7.05 Å². The van der Waals surface area contributed by atoms with E-state index >= 15 is 0 Å². The van der Waals surface area contributed by atoms with Crippen LogP contribution in [0.5, 0.6) is 0 Å². The third-order valence-electron chi connectivity index (χ3n) is 4.94. The van der Waals surface area contributed by atoms with E-state index in [9.17, 15) is 13.2 Å². The predicted molar refractivity (Wildman–Crippen MR) is 109 cm³/mol. The molecule has 5 nitrogen and oxygen atoms in total. The van der Waals surface area contributed by atoms with Crippen molar-refractivity contribution in [2.24, 2.45) is 0 Å². The van der Waals surface area contributed by atoms with Crippen LogP contribution in [0.1, 0.15) is 36.4 Å².